The Morgan fingerprint density at radius 1 is 1.08 bits per heavy atom. The molecular formula is C20H31F3N2. The molecule has 0 bridgehead atoms. The molecule has 0 amide bonds. The highest BCUT2D eigenvalue weighted by molar-refractivity contribution is 5.27. The second-order valence-electron chi connectivity index (χ2n) is 8.23. The minimum atomic E-state index is -4.28. The second-order valence-corrected chi connectivity index (χ2v) is 8.23. The second kappa shape index (κ2) is 7.28. The first-order chi connectivity index (χ1) is 11.4. The van der Waals surface area contributed by atoms with E-state index in [1.54, 1.807) is 12.1 Å². The molecule has 0 unspecified atom stereocenters. The van der Waals surface area contributed by atoms with Gasteiger partial charge in [0, 0.05) is 36.8 Å². The van der Waals surface area contributed by atoms with Crippen molar-refractivity contribution in [3.63, 3.8) is 0 Å². The van der Waals surface area contributed by atoms with Gasteiger partial charge in [0.05, 0.1) is 5.56 Å². The standard InChI is InChI=1S/C20H31F3N2/c1-7-18-13-24(14(2)12-25(18)19(4,5)6)15(3)16-8-10-17(11-9-16)20(21,22)23/h8-11,14-15,18H,7,12-13H2,1-6H3/t14-,15-,18+/m1/s1. The molecule has 5 heteroatoms. The number of alkyl halides is 3. The molecule has 1 saturated heterocycles. The molecule has 1 aliphatic rings. The summed E-state index contributed by atoms with van der Waals surface area (Å²) in [6, 6.07) is 6.56. The van der Waals surface area contributed by atoms with E-state index < -0.39 is 11.7 Å². The van der Waals surface area contributed by atoms with E-state index in [-0.39, 0.29) is 11.6 Å². The van der Waals surface area contributed by atoms with Gasteiger partial charge in [-0.3, -0.25) is 9.80 Å². The summed E-state index contributed by atoms with van der Waals surface area (Å²) in [5.41, 5.74) is 0.484. The molecule has 0 aromatic heterocycles. The molecule has 0 aliphatic carbocycles. The van der Waals surface area contributed by atoms with E-state index in [4.69, 9.17) is 0 Å². The van der Waals surface area contributed by atoms with E-state index in [9.17, 15) is 13.2 Å². The smallest absolute Gasteiger partial charge is 0.293 e. The number of halogens is 3. The van der Waals surface area contributed by atoms with Crippen molar-refractivity contribution in [2.75, 3.05) is 13.1 Å². The zero-order valence-corrected chi connectivity index (χ0v) is 16.2. The fraction of sp³-hybridized carbons (Fsp3) is 0.700. The van der Waals surface area contributed by atoms with Crippen molar-refractivity contribution in [2.24, 2.45) is 0 Å². The highest BCUT2D eigenvalue weighted by Gasteiger charge is 2.38. The number of hydrogen-bond donors (Lipinski definition) is 0. The van der Waals surface area contributed by atoms with Crippen LogP contribution in [0.4, 0.5) is 13.2 Å². The summed E-state index contributed by atoms with van der Waals surface area (Å²) in [6.07, 6.45) is -3.21. The lowest BCUT2D eigenvalue weighted by Gasteiger charge is -2.52. The molecule has 2 nitrogen and oxygen atoms in total. The summed E-state index contributed by atoms with van der Waals surface area (Å²) in [7, 11) is 0. The van der Waals surface area contributed by atoms with Crippen LogP contribution in [0.25, 0.3) is 0 Å². The molecule has 3 atom stereocenters. The van der Waals surface area contributed by atoms with Gasteiger partial charge < -0.3 is 0 Å². The average Bonchev–Trinajstić information content (AvgIpc) is 2.52. The Morgan fingerprint density at radius 2 is 1.64 bits per heavy atom. The van der Waals surface area contributed by atoms with Crippen molar-refractivity contribution in [3.05, 3.63) is 35.4 Å². The van der Waals surface area contributed by atoms with Gasteiger partial charge in [-0.1, -0.05) is 19.1 Å². The molecule has 1 aliphatic heterocycles. The number of hydrogen-bond acceptors (Lipinski definition) is 2. The molecule has 0 spiro atoms. The molecule has 25 heavy (non-hydrogen) atoms. The summed E-state index contributed by atoms with van der Waals surface area (Å²) in [6.45, 7) is 15.2. The van der Waals surface area contributed by atoms with Crippen molar-refractivity contribution in [1.82, 2.24) is 9.80 Å². The highest BCUT2D eigenvalue weighted by atomic mass is 19.4. The number of rotatable bonds is 3. The molecule has 1 aromatic rings. The van der Waals surface area contributed by atoms with Crippen molar-refractivity contribution < 1.29 is 13.2 Å². The monoisotopic (exact) mass is 356 g/mol. The van der Waals surface area contributed by atoms with Crippen LogP contribution in [0.2, 0.25) is 0 Å². The van der Waals surface area contributed by atoms with Crippen molar-refractivity contribution in [1.29, 1.82) is 0 Å². The Kier molecular flexibility index (Phi) is 5.89. The molecule has 1 aromatic carbocycles. The molecule has 2 rings (SSSR count). The molecule has 1 fully saturated rings. The maximum Gasteiger partial charge on any atom is 0.416 e. The predicted octanol–water partition coefficient (Wildman–Crippen LogP) is 5.35. The van der Waals surface area contributed by atoms with Crippen LogP contribution in [0.15, 0.2) is 24.3 Å². The van der Waals surface area contributed by atoms with Crippen LogP contribution in [0.1, 0.15) is 65.1 Å². The topological polar surface area (TPSA) is 6.48 Å². The molecular weight excluding hydrogens is 325 g/mol. The van der Waals surface area contributed by atoms with Crippen molar-refractivity contribution in [2.45, 2.75) is 77.8 Å². The third-order valence-electron chi connectivity index (χ3n) is 5.44. The molecule has 142 valence electrons. The Morgan fingerprint density at radius 3 is 2.08 bits per heavy atom. The van der Waals surface area contributed by atoms with Gasteiger partial charge in [-0.25, -0.2) is 0 Å². The SMILES string of the molecule is CC[C@H]1CN([C@H](C)c2ccc(C(F)(F)F)cc2)[C@H](C)CN1C(C)(C)C. The van der Waals surface area contributed by atoms with Gasteiger partial charge in [-0.05, 0) is 58.7 Å². The Labute approximate surface area is 150 Å². The Bertz CT molecular complexity index is 560. The summed E-state index contributed by atoms with van der Waals surface area (Å²) < 4.78 is 38.3. The number of benzene rings is 1. The zero-order chi connectivity index (χ0) is 19.0. The van der Waals surface area contributed by atoms with Crippen molar-refractivity contribution >= 4 is 0 Å². The fourth-order valence-corrected chi connectivity index (χ4v) is 3.91. The number of nitrogens with zero attached hydrogens (tertiary/aromatic N) is 2. The van der Waals surface area contributed by atoms with Gasteiger partial charge in [0.2, 0.25) is 0 Å². The summed E-state index contributed by atoms with van der Waals surface area (Å²) in [4.78, 5) is 4.99. The lowest BCUT2D eigenvalue weighted by molar-refractivity contribution is -0.137. The summed E-state index contributed by atoms with van der Waals surface area (Å²) >= 11 is 0. The lowest BCUT2D eigenvalue weighted by Crippen LogP contribution is -2.62. The highest BCUT2D eigenvalue weighted by Crippen LogP contribution is 2.33. The van der Waals surface area contributed by atoms with Gasteiger partial charge >= 0.3 is 6.18 Å². The Balaban J connectivity index is 2.18. The number of piperazine rings is 1. The molecule has 0 N–H and O–H groups in total. The third kappa shape index (κ3) is 4.56. The first kappa shape index (κ1) is 20.2. The van der Waals surface area contributed by atoms with Crippen molar-refractivity contribution in [3.8, 4) is 0 Å². The molecule has 1 heterocycles. The largest absolute Gasteiger partial charge is 0.416 e. The van der Waals surface area contributed by atoms with Crippen LogP contribution < -0.4 is 0 Å². The van der Waals surface area contributed by atoms with Gasteiger partial charge in [0.15, 0.2) is 0 Å². The van der Waals surface area contributed by atoms with E-state index in [0.29, 0.717) is 12.1 Å². The van der Waals surface area contributed by atoms with E-state index >= 15 is 0 Å². The van der Waals surface area contributed by atoms with Gasteiger partial charge in [0.25, 0.3) is 0 Å². The zero-order valence-electron chi connectivity index (χ0n) is 16.2. The third-order valence-corrected chi connectivity index (χ3v) is 5.44. The minimum absolute atomic E-state index is 0.105. The van der Waals surface area contributed by atoms with E-state index in [0.717, 1.165) is 25.1 Å². The quantitative estimate of drug-likeness (QED) is 0.720. The predicted molar refractivity (Wildman–Crippen MR) is 96.6 cm³/mol. The van der Waals surface area contributed by atoms with Gasteiger partial charge in [-0.2, -0.15) is 13.2 Å². The minimum Gasteiger partial charge on any atom is -0.293 e. The summed E-state index contributed by atoms with van der Waals surface area (Å²) in [5.74, 6) is 0. The van der Waals surface area contributed by atoms with Crippen LogP contribution in [-0.2, 0) is 6.18 Å². The van der Waals surface area contributed by atoms with Crippen LogP contribution in [-0.4, -0.2) is 40.5 Å². The van der Waals surface area contributed by atoms with E-state index in [1.165, 1.54) is 12.1 Å². The normalized spacial score (nSPS) is 25.2. The van der Waals surface area contributed by atoms with Gasteiger partial charge in [-0.15, -0.1) is 0 Å². The maximum atomic E-state index is 12.8. The van der Waals surface area contributed by atoms with Crippen LogP contribution in [0.5, 0.6) is 0 Å². The van der Waals surface area contributed by atoms with Crippen LogP contribution >= 0.6 is 0 Å². The first-order valence-electron chi connectivity index (χ1n) is 9.14. The van der Waals surface area contributed by atoms with E-state index in [2.05, 4.69) is 51.3 Å². The average molecular weight is 356 g/mol. The fourth-order valence-electron chi connectivity index (χ4n) is 3.91. The maximum absolute atomic E-state index is 12.8. The van der Waals surface area contributed by atoms with Gasteiger partial charge in [0.1, 0.15) is 0 Å². The first-order valence-corrected chi connectivity index (χ1v) is 9.14. The van der Waals surface area contributed by atoms with Crippen LogP contribution in [0.3, 0.4) is 0 Å². The molecule has 0 radical (unpaired) electrons. The molecule has 0 saturated carbocycles. The Hall–Kier alpha value is -1.07. The summed E-state index contributed by atoms with van der Waals surface area (Å²) in [5, 5.41) is 0. The van der Waals surface area contributed by atoms with Crippen LogP contribution in [0, 0.1) is 0 Å². The lowest BCUT2D eigenvalue weighted by atomic mass is 9.94. The van der Waals surface area contributed by atoms with E-state index in [1.807, 2.05) is 0 Å².